The molecule has 118 valence electrons. The number of aliphatic hydroxyl groups is 1. The summed E-state index contributed by atoms with van der Waals surface area (Å²) in [6.07, 6.45) is 6.42. The maximum absolute atomic E-state index is 10.2. The van der Waals surface area contributed by atoms with Crippen LogP contribution >= 0.6 is 0 Å². The highest BCUT2D eigenvalue weighted by atomic mass is 16.5. The van der Waals surface area contributed by atoms with Crippen molar-refractivity contribution in [1.82, 2.24) is 5.32 Å². The minimum absolute atomic E-state index is 0.206. The van der Waals surface area contributed by atoms with Crippen molar-refractivity contribution >= 4 is 0 Å². The molecule has 1 saturated carbocycles. The second kappa shape index (κ2) is 8.40. The van der Waals surface area contributed by atoms with Crippen molar-refractivity contribution in [3.63, 3.8) is 0 Å². The quantitative estimate of drug-likeness (QED) is 0.783. The summed E-state index contributed by atoms with van der Waals surface area (Å²) in [6.45, 7) is 5.04. The summed E-state index contributed by atoms with van der Waals surface area (Å²) < 4.78 is 5.61. The van der Waals surface area contributed by atoms with Crippen LogP contribution in [0.15, 0.2) is 24.3 Å². The van der Waals surface area contributed by atoms with Crippen LogP contribution in [0.2, 0.25) is 0 Å². The minimum atomic E-state index is -0.206. The van der Waals surface area contributed by atoms with Crippen LogP contribution in [-0.4, -0.2) is 23.9 Å². The van der Waals surface area contributed by atoms with E-state index in [0.29, 0.717) is 0 Å². The van der Waals surface area contributed by atoms with Gasteiger partial charge in [-0.15, -0.1) is 0 Å². The highest BCUT2D eigenvalue weighted by Gasteiger charge is 2.23. The second-order valence-electron chi connectivity index (χ2n) is 6.12. The fraction of sp³-hybridized carbons (Fsp3) is 0.667. The van der Waals surface area contributed by atoms with Gasteiger partial charge < -0.3 is 15.2 Å². The summed E-state index contributed by atoms with van der Waals surface area (Å²) in [6, 6.07) is 8.78. The zero-order chi connectivity index (χ0) is 15.1. The molecule has 1 fully saturated rings. The first-order valence-electron chi connectivity index (χ1n) is 8.37. The van der Waals surface area contributed by atoms with Crippen molar-refractivity contribution < 1.29 is 9.84 Å². The first-order valence-corrected chi connectivity index (χ1v) is 8.37. The van der Waals surface area contributed by atoms with Crippen molar-refractivity contribution in [3.05, 3.63) is 29.8 Å². The van der Waals surface area contributed by atoms with Gasteiger partial charge in [0, 0.05) is 12.1 Å². The Balaban J connectivity index is 1.91. The average molecular weight is 291 g/mol. The van der Waals surface area contributed by atoms with Gasteiger partial charge in [-0.1, -0.05) is 38.3 Å². The maximum atomic E-state index is 10.2. The van der Waals surface area contributed by atoms with Gasteiger partial charge in [-0.05, 0) is 43.9 Å². The van der Waals surface area contributed by atoms with Gasteiger partial charge in [-0.25, -0.2) is 0 Å². The second-order valence-corrected chi connectivity index (χ2v) is 6.12. The molecule has 3 unspecified atom stereocenters. The van der Waals surface area contributed by atoms with Crippen LogP contribution in [0.5, 0.6) is 5.75 Å². The van der Waals surface area contributed by atoms with Crippen molar-refractivity contribution in [2.75, 3.05) is 6.61 Å². The van der Waals surface area contributed by atoms with Crippen LogP contribution in [0.1, 0.15) is 64.0 Å². The van der Waals surface area contributed by atoms with Gasteiger partial charge in [0.15, 0.2) is 0 Å². The molecule has 3 heteroatoms. The Bertz CT molecular complexity index is 404. The molecule has 1 aromatic carbocycles. The molecule has 2 rings (SSSR count). The maximum Gasteiger partial charge on any atom is 0.119 e. The lowest BCUT2D eigenvalue weighted by Gasteiger charge is -2.26. The van der Waals surface area contributed by atoms with E-state index in [1.165, 1.54) is 18.4 Å². The molecule has 1 aliphatic carbocycles. The molecule has 3 nitrogen and oxygen atoms in total. The van der Waals surface area contributed by atoms with Crippen molar-refractivity contribution in [2.24, 2.45) is 0 Å². The summed E-state index contributed by atoms with van der Waals surface area (Å²) in [5.41, 5.74) is 1.25. The Morgan fingerprint density at radius 1 is 1.19 bits per heavy atom. The van der Waals surface area contributed by atoms with Crippen LogP contribution in [0.25, 0.3) is 0 Å². The van der Waals surface area contributed by atoms with Crippen LogP contribution in [-0.2, 0) is 0 Å². The minimum Gasteiger partial charge on any atom is -0.494 e. The van der Waals surface area contributed by atoms with E-state index >= 15 is 0 Å². The summed E-state index contributed by atoms with van der Waals surface area (Å²) in [7, 11) is 0. The highest BCUT2D eigenvalue weighted by Crippen LogP contribution is 2.23. The Kier molecular flexibility index (Phi) is 6.52. The van der Waals surface area contributed by atoms with Crippen LogP contribution in [0.4, 0.5) is 0 Å². The molecule has 0 radical (unpaired) electrons. The molecule has 0 aromatic heterocycles. The molecule has 0 heterocycles. The molecule has 21 heavy (non-hydrogen) atoms. The van der Waals surface area contributed by atoms with E-state index in [9.17, 15) is 5.11 Å². The van der Waals surface area contributed by atoms with Crippen LogP contribution in [0.3, 0.4) is 0 Å². The Morgan fingerprint density at radius 3 is 2.62 bits per heavy atom. The third-order valence-corrected chi connectivity index (χ3v) is 4.30. The van der Waals surface area contributed by atoms with Crippen molar-refractivity contribution in [2.45, 2.75) is 70.6 Å². The molecule has 0 bridgehead atoms. The zero-order valence-electron chi connectivity index (χ0n) is 13.3. The zero-order valence-corrected chi connectivity index (χ0v) is 13.3. The average Bonchev–Trinajstić information content (AvgIpc) is 2.70. The molecule has 0 amide bonds. The number of nitrogens with one attached hydrogen (secondary N) is 1. The monoisotopic (exact) mass is 291 g/mol. The largest absolute Gasteiger partial charge is 0.494 e. The molecule has 1 aliphatic rings. The van der Waals surface area contributed by atoms with Gasteiger partial charge in [-0.2, -0.15) is 0 Å². The van der Waals surface area contributed by atoms with E-state index in [0.717, 1.165) is 38.0 Å². The van der Waals surface area contributed by atoms with E-state index in [-0.39, 0.29) is 18.2 Å². The SMILES string of the molecule is CCCOc1ccc(C(C)NC2CCCCCC2O)cc1. The number of rotatable bonds is 6. The molecular weight excluding hydrogens is 262 g/mol. The Hall–Kier alpha value is -1.06. The third-order valence-electron chi connectivity index (χ3n) is 4.30. The first kappa shape index (κ1) is 16.3. The van der Waals surface area contributed by atoms with Gasteiger partial charge in [0.1, 0.15) is 5.75 Å². The van der Waals surface area contributed by atoms with E-state index < -0.39 is 0 Å². The fourth-order valence-corrected chi connectivity index (χ4v) is 2.97. The summed E-state index contributed by atoms with van der Waals surface area (Å²) >= 11 is 0. The van der Waals surface area contributed by atoms with E-state index in [2.05, 4.69) is 31.3 Å². The lowest BCUT2D eigenvalue weighted by molar-refractivity contribution is 0.115. The molecule has 0 spiro atoms. The molecule has 2 N–H and O–H groups in total. The topological polar surface area (TPSA) is 41.5 Å². The number of benzene rings is 1. The Morgan fingerprint density at radius 2 is 1.90 bits per heavy atom. The van der Waals surface area contributed by atoms with E-state index in [1.54, 1.807) is 0 Å². The molecule has 1 aromatic rings. The van der Waals surface area contributed by atoms with Crippen molar-refractivity contribution in [1.29, 1.82) is 0 Å². The van der Waals surface area contributed by atoms with Crippen LogP contribution < -0.4 is 10.1 Å². The van der Waals surface area contributed by atoms with Gasteiger partial charge in [0.2, 0.25) is 0 Å². The normalized spacial score (nSPS) is 24.3. The van der Waals surface area contributed by atoms with Crippen molar-refractivity contribution in [3.8, 4) is 5.75 Å². The molecule has 0 aliphatic heterocycles. The number of hydrogen-bond acceptors (Lipinski definition) is 3. The van der Waals surface area contributed by atoms with Gasteiger partial charge in [-0.3, -0.25) is 0 Å². The molecular formula is C18H29NO2. The van der Waals surface area contributed by atoms with Crippen LogP contribution in [0, 0.1) is 0 Å². The Labute approximate surface area is 128 Å². The standard InChI is InChI=1S/C18H29NO2/c1-3-13-21-16-11-9-15(10-12-16)14(2)19-17-7-5-4-6-8-18(17)20/h9-12,14,17-20H,3-8,13H2,1-2H3. The smallest absolute Gasteiger partial charge is 0.119 e. The summed E-state index contributed by atoms with van der Waals surface area (Å²) in [5.74, 6) is 0.933. The lowest BCUT2D eigenvalue weighted by Crippen LogP contribution is -2.40. The molecule has 3 atom stereocenters. The van der Waals surface area contributed by atoms with E-state index in [1.807, 2.05) is 12.1 Å². The predicted molar refractivity (Wildman–Crippen MR) is 86.7 cm³/mol. The van der Waals surface area contributed by atoms with Gasteiger partial charge in [0.25, 0.3) is 0 Å². The predicted octanol–water partition coefficient (Wildman–Crippen LogP) is 3.82. The molecule has 0 saturated heterocycles. The van der Waals surface area contributed by atoms with Gasteiger partial charge >= 0.3 is 0 Å². The lowest BCUT2D eigenvalue weighted by atomic mass is 10.0. The highest BCUT2D eigenvalue weighted by molar-refractivity contribution is 5.29. The summed E-state index contributed by atoms with van der Waals surface area (Å²) in [4.78, 5) is 0. The van der Waals surface area contributed by atoms with Gasteiger partial charge in [0.05, 0.1) is 12.7 Å². The number of aliphatic hydroxyl groups excluding tert-OH is 1. The van der Waals surface area contributed by atoms with E-state index in [4.69, 9.17) is 4.74 Å². The fourth-order valence-electron chi connectivity index (χ4n) is 2.97. The first-order chi connectivity index (χ1) is 10.2. The summed E-state index contributed by atoms with van der Waals surface area (Å²) in [5, 5.41) is 13.8. The number of ether oxygens (including phenoxy) is 1. The number of hydrogen-bond donors (Lipinski definition) is 2. The third kappa shape index (κ3) is 5.01.